The van der Waals surface area contributed by atoms with Crippen molar-refractivity contribution in [2.45, 2.75) is 83.5 Å². The Labute approximate surface area is 196 Å². The third kappa shape index (κ3) is 5.55. The lowest BCUT2D eigenvalue weighted by Gasteiger charge is -2.40. The highest BCUT2D eigenvalue weighted by Crippen LogP contribution is 2.48. The summed E-state index contributed by atoms with van der Waals surface area (Å²) >= 11 is 5.56. The van der Waals surface area contributed by atoms with E-state index >= 15 is 0 Å². The Morgan fingerprint density at radius 1 is 0.906 bits per heavy atom. The van der Waals surface area contributed by atoms with Gasteiger partial charge in [0.2, 0.25) is 0 Å². The molecule has 0 spiro atoms. The summed E-state index contributed by atoms with van der Waals surface area (Å²) in [6.45, 7) is 2.28. The van der Waals surface area contributed by atoms with Gasteiger partial charge in [0.05, 0.1) is 0 Å². The van der Waals surface area contributed by atoms with Gasteiger partial charge < -0.3 is 0 Å². The fourth-order valence-electron chi connectivity index (χ4n) is 5.76. The van der Waals surface area contributed by atoms with Gasteiger partial charge in [0.25, 0.3) is 0 Å². The molecule has 3 heteroatoms. The summed E-state index contributed by atoms with van der Waals surface area (Å²) < 4.78 is 27.3. The molecule has 2 aromatic rings. The van der Waals surface area contributed by atoms with Crippen molar-refractivity contribution in [1.29, 1.82) is 0 Å². The number of unbranched alkanes of at least 4 members (excludes halogenated alkanes) is 4. The number of halogens is 3. The highest BCUT2D eigenvalue weighted by atomic mass is 35.5. The second-order valence-corrected chi connectivity index (χ2v) is 10.1. The molecule has 4 rings (SSSR count). The number of aryl methyl sites for hydroxylation is 1. The van der Waals surface area contributed by atoms with Gasteiger partial charge in [-0.1, -0.05) is 75.0 Å². The van der Waals surface area contributed by atoms with E-state index in [1.807, 2.05) is 0 Å². The number of hydrogen-bond acceptors (Lipinski definition) is 0. The van der Waals surface area contributed by atoms with Crippen molar-refractivity contribution in [1.82, 2.24) is 0 Å². The first-order chi connectivity index (χ1) is 15.5. The number of rotatable bonds is 6. The van der Waals surface area contributed by atoms with Crippen LogP contribution in [0.5, 0.6) is 0 Å². The molecule has 0 bridgehead atoms. The molecule has 0 aromatic heterocycles. The van der Waals surface area contributed by atoms with E-state index in [-0.39, 0.29) is 0 Å². The van der Waals surface area contributed by atoms with Gasteiger partial charge in [0.15, 0.2) is 0 Å². The van der Waals surface area contributed by atoms with E-state index in [4.69, 9.17) is 11.6 Å². The summed E-state index contributed by atoms with van der Waals surface area (Å²) in [6.07, 6.45) is 14.8. The average Bonchev–Trinajstić information content (AvgIpc) is 2.80. The van der Waals surface area contributed by atoms with E-state index in [1.54, 1.807) is 0 Å². The minimum Gasteiger partial charge on any atom is -0.205 e. The first kappa shape index (κ1) is 23.3. The molecule has 2 aliphatic rings. The SMILES string of the molecule is CCCCCCCC1CCC2c3ccc(C#Cc4cc(F)c(Cl)c(F)c4)cc3CCC2C1. The van der Waals surface area contributed by atoms with E-state index in [1.165, 1.54) is 87.5 Å². The molecule has 0 aliphatic heterocycles. The third-order valence-electron chi connectivity index (χ3n) is 7.47. The molecular formula is C29H33ClF2. The Morgan fingerprint density at radius 3 is 2.44 bits per heavy atom. The van der Waals surface area contributed by atoms with Gasteiger partial charge in [0.1, 0.15) is 16.7 Å². The Hall–Kier alpha value is -1.85. The lowest BCUT2D eigenvalue weighted by atomic mass is 9.64. The van der Waals surface area contributed by atoms with Crippen molar-refractivity contribution in [3.05, 3.63) is 69.2 Å². The minimum atomic E-state index is -0.774. The van der Waals surface area contributed by atoms with Crippen LogP contribution in [0.3, 0.4) is 0 Å². The highest BCUT2D eigenvalue weighted by molar-refractivity contribution is 6.30. The fourth-order valence-corrected chi connectivity index (χ4v) is 5.87. The Balaban J connectivity index is 1.39. The van der Waals surface area contributed by atoms with Gasteiger partial charge in [-0.2, -0.15) is 0 Å². The molecule has 0 heterocycles. The summed E-state index contributed by atoms with van der Waals surface area (Å²) in [5.41, 5.74) is 4.12. The van der Waals surface area contributed by atoms with E-state index in [0.29, 0.717) is 11.5 Å². The first-order valence-electron chi connectivity index (χ1n) is 12.3. The van der Waals surface area contributed by atoms with Gasteiger partial charge in [0, 0.05) is 11.1 Å². The summed E-state index contributed by atoms with van der Waals surface area (Å²) in [5, 5.41) is -0.481. The lowest BCUT2D eigenvalue weighted by molar-refractivity contribution is 0.199. The summed E-state index contributed by atoms with van der Waals surface area (Å²) in [5.74, 6) is 6.85. The van der Waals surface area contributed by atoms with Crippen LogP contribution >= 0.6 is 11.6 Å². The molecule has 0 nitrogen and oxygen atoms in total. The lowest BCUT2D eigenvalue weighted by Crippen LogP contribution is -2.28. The molecule has 2 aromatic carbocycles. The third-order valence-corrected chi connectivity index (χ3v) is 7.83. The second-order valence-electron chi connectivity index (χ2n) is 9.70. The van der Waals surface area contributed by atoms with Crippen LogP contribution in [0.25, 0.3) is 0 Å². The van der Waals surface area contributed by atoms with Crippen LogP contribution in [-0.2, 0) is 6.42 Å². The van der Waals surface area contributed by atoms with Crippen LogP contribution in [0, 0.1) is 35.3 Å². The Morgan fingerprint density at radius 2 is 1.66 bits per heavy atom. The molecule has 32 heavy (non-hydrogen) atoms. The highest BCUT2D eigenvalue weighted by Gasteiger charge is 2.34. The minimum absolute atomic E-state index is 0.301. The van der Waals surface area contributed by atoms with Gasteiger partial charge in [-0.15, -0.1) is 0 Å². The maximum Gasteiger partial charge on any atom is 0.146 e. The zero-order chi connectivity index (χ0) is 22.5. The predicted octanol–water partition coefficient (Wildman–Crippen LogP) is 8.82. The van der Waals surface area contributed by atoms with Crippen LogP contribution in [-0.4, -0.2) is 0 Å². The second kappa shape index (κ2) is 10.8. The molecule has 0 radical (unpaired) electrons. The standard InChI is InChI=1S/C29H33ClF2/c1-2-3-4-5-6-7-20-10-14-25-23(16-20)12-13-24-17-21(11-15-26(24)25)8-9-22-18-27(31)29(30)28(32)19-22/h11,15,17-20,23,25H,2-7,10,12-14,16H2,1H3. The summed E-state index contributed by atoms with van der Waals surface area (Å²) in [4.78, 5) is 0. The largest absolute Gasteiger partial charge is 0.205 e. The molecule has 0 amide bonds. The Kier molecular flexibility index (Phi) is 7.90. The average molecular weight is 455 g/mol. The molecular weight excluding hydrogens is 422 g/mol. The molecule has 170 valence electrons. The van der Waals surface area contributed by atoms with Crippen molar-refractivity contribution >= 4 is 11.6 Å². The normalized spacial score (nSPS) is 21.9. The summed E-state index contributed by atoms with van der Waals surface area (Å²) in [6, 6.07) is 8.87. The summed E-state index contributed by atoms with van der Waals surface area (Å²) in [7, 11) is 0. The zero-order valence-corrected chi connectivity index (χ0v) is 19.8. The van der Waals surface area contributed by atoms with Crippen LogP contribution in [0.2, 0.25) is 5.02 Å². The van der Waals surface area contributed by atoms with E-state index in [2.05, 4.69) is 37.0 Å². The molecule has 0 saturated heterocycles. The van der Waals surface area contributed by atoms with Crippen LogP contribution in [0.4, 0.5) is 8.78 Å². The molecule has 0 N–H and O–H groups in total. The van der Waals surface area contributed by atoms with E-state index in [0.717, 1.165) is 23.8 Å². The van der Waals surface area contributed by atoms with E-state index in [9.17, 15) is 8.78 Å². The molecule has 2 aliphatic carbocycles. The fraction of sp³-hybridized carbons (Fsp3) is 0.517. The maximum atomic E-state index is 13.7. The quantitative estimate of drug-likeness (QED) is 0.232. The molecule has 1 saturated carbocycles. The van der Waals surface area contributed by atoms with Crippen molar-refractivity contribution in [3.8, 4) is 11.8 Å². The zero-order valence-electron chi connectivity index (χ0n) is 19.0. The number of fused-ring (bicyclic) bond motifs is 3. The van der Waals surface area contributed by atoms with Gasteiger partial charge in [-0.3, -0.25) is 0 Å². The monoisotopic (exact) mass is 454 g/mol. The van der Waals surface area contributed by atoms with Crippen molar-refractivity contribution in [2.24, 2.45) is 11.8 Å². The molecule has 3 unspecified atom stereocenters. The van der Waals surface area contributed by atoms with Crippen LogP contribution < -0.4 is 0 Å². The predicted molar refractivity (Wildman–Crippen MR) is 129 cm³/mol. The first-order valence-corrected chi connectivity index (χ1v) is 12.7. The smallest absolute Gasteiger partial charge is 0.146 e. The molecule has 3 atom stereocenters. The topological polar surface area (TPSA) is 0 Å². The van der Waals surface area contributed by atoms with Crippen molar-refractivity contribution in [2.75, 3.05) is 0 Å². The number of benzene rings is 2. The van der Waals surface area contributed by atoms with Gasteiger partial charge in [-0.05, 0) is 85.3 Å². The maximum absolute atomic E-state index is 13.7. The molecule has 1 fully saturated rings. The Bertz CT molecular complexity index is 977. The van der Waals surface area contributed by atoms with Crippen molar-refractivity contribution in [3.63, 3.8) is 0 Å². The van der Waals surface area contributed by atoms with Gasteiger partial charge >= 0.3 is 0 Å². The number of hydrogen-bond donors (Lipinski definition) is 0. The van der Waals surface area contributed by atoms with Gasteiger partial charge in [-0.25, -0.2) is 8.78 Å². The van der Waals surface area contributed by atoms with Crippen LogP contribution in [0.1, 0.15) is 99.3 Å². The van der Waals surface area contributed by atoms with E-state index < -0.39 is 16.7 Å². The van der Waals surface area contributed by atoms with Crippen LogP contribution in [0.15, 0.2) is 30.3 Å². The van der Waals surface area contributed by atoms with Crippen molar-refractivity contribution < 1.29 is 8.78 Å².